The van der Waals surface area contributed by atoms with Gasteiger partial charge in [-0.1, -0.05) is 13.8 Å². The molecule has 1 aliphatic heterocycles. The van der Waals surface area contributed by atoms with E-state index in [0.717, 1.165) is 19.3 Å². The Kier molecular flexibility index (Phi) is 2.37. The average molecular weight is 169 g/mol. The predicted molar refractivity (Wildman–Crippen MR) is 49.1 cm³/mol. The van der Waals surface area contributed by atoms with Gasteiger partial charge < -0.3 is 10.1 Å². The molecule has 1 unspecified atom stereocenters. The number of nitrogens with one attached hydrogen (secondary N) is 1. The minimum atomic E-state index is 0.689. The molecule has 1 aliphatic carbocycles. The van der Waals surface area contributed by atoms with Gasteiger partial charge in [0.15, 0.2) is 0 Å². The maximum absolute atomic E-state index is 5.49. The second kappa shape index (κ2) is 3.35. The van der Waals surface area contributed by atoms with Crippen LogP contribution in [-0.2, 0) is 4.74 Å². The van der Waals surface area contributed by atoms with Gasteiger partial charge in [-0.3, -0.25) is 0 Å². The fraction of sp³-hybridized carbons (Fsp3) is 1.00. The minimum absolute atomic E-state index is 0.689. The van der Waals surface area contributed by atoms with Crippen LogP contribution >= 0.6 is 0 Å². The number of hydrogen-bond donors (Lipinski definition) is 1. The van der Waals surface area contributed by atoms with Crippen molar-refractivity contribution in [3.63, 3.8) is 0 Å². The standard InChI is InChI=1S/C10H19NO/c1-7-5-12-6-8(2)10(7)11-9-3-4-9/h7-11H,3-6H2,1-2H3/t7-,8+,10?. The first kappa shape index (κ1) is 8.52. The van der Waals surface area contributed by atoms with Gasteiger partial charge in [0.25, 0.3) is 0 Å². The van der Waals surface area contributed by atoms with E-state index < -0.39 is 0 Å². The summed E-state index contributed by atoms with van der Waals surface area (Å²) in [6.45, 7) is 6.45. The van der Waals surface area contributed by atoms with Crippen molar-refractivity contribution in [1.29, 1.82) is 0 Å². The molecule has 12 heavy (non-hydrogen) atoms. The molecule has 1 saturated heterocycles. The zero-order valence-electron chi connectivity index (χ0n) is 8.05. The summed E-state index contributed by atoms with van der Waals surface area (Å²) >= 11 is 0. The summed E-state index contributed by atoms with van der Waals surface area (Å²) in [4.78, 5) is 0. The molecule has 1 saturated carbocycles. The summed E-state index contributed by atoms with van der Waals surface area (Å²) in [6.07, 6.45) is 2.77. The van der Waals surface area contributed by atoms with Crippen LogP contribution in [0.5, 0.6) is 0 Å². The summed E-state index contributed by atoms with van der Waals surface area (Å²) in [6, 6.07) is 1.53. The normalized spacial score (nSPS) is 43.0. The van der Waals surface area contributed by atoms with E-state index in [2.05, 4.69) is 19.2 Å². The lowest BCUT2D eigenvalue weighted by Gasteiger charge is -2.35. The van der Waals surface area contributed by atoms with Gasteiger partial charge in [-0.15, -0.1) is 0 Å². The number of ether oxygens (including phenoxy) is 1. The molecule has 0 bridgehead atoms. The predicted octanol–water partition coefficient (Wildman–Crippen LogP) is 1.41. The molecule has 2 rings (SSSR count). The van der Waals surface area contributed by atoms with E-state index in [1.165, 1.54) is 12.8 Å². The monoisotopic (exact) mass is 169 g/mol. The van der Waals surface area contributed by atoms with Gasteiger partial charge >= 0.3 is 0 Å². The summed E-state index contributed by atoms with van der Waals surface area (Å²) in [5.41, 5.74) is 0. The van der Waals surface area contributed by atoms with Crippen LogP contribution in [0.2, 0.25) is 0 Å². The molecule has 0 aromatic heterocycles. The molecule has 0 spiro atoms. The lowest BCUT2D eigenvalue weighted by Crippen LogP contribution is -2.48. The topological polar surface area (TPSA) is 21.3 Å². The van der Waals surface area contributed by atoms with Gasteiger partial charge in [-0.2, -0.15) is 0 Å². The highest BCUT2D eigenvalue weighted by atomic mass is 16.5. The first-order valence-electron chi connectivity index (χ1n) is 5.11. The second-order valence-electron chi connectivity index (χ2n) is 4.46. The Morgan fingerprint density at radius 3 is 2.17 bits per heavy atom. The third-order valence-corrected chi connectivity index (χ3v) is 2.99. The van der Waals surface area contributed by atoms with Crippen molar-refractivity contribution in [3.8, 4) is 0 Å². The quantitative estimate of drug-likeness (QED) is 0.675. The van der Waals surface area contributed by atoms with E-state index in [-0.39, 0.29) is 0 Å². The van der Waals surface area contributed by atoms with Crippen LogP contribution < -0.4 is 5.32 Å². The van der Waals surface area contributed by atoms with Crippen molar-refractivity contribution < 1.29 is 4.74 Å². The van der Waals surface area contributed by atoms with Crippen LogP contribution in [0.4, 0.5) is 0 Å². The molecule has 0 amide bonds. The molecule has 0 aromatic rings. The zero-order chi connectivity index (χ0) is 8.55. The molecule has 70 valence electrons. The summed E-state index contributed by atoms with van der Waals surface area (Å²) in [7, 11) is 0. The van der Waals surface area contributed by atoms with E-state index >= 15 is 0 Å². The molecular formula is C10H19NO. The van der Waals surface area contributed by atoms with Crippen LogP contribution in [-0.4, -0.2) is 25.3 Å². The first-order chi connectivity index (χ1) is 5.77. The van der Waals surface area contributed by atoms with Crippen molar-refractivity contribution in [2.24, 2.45) is 11.8 Å². The van der Waals surface area contributed by atoms with Crippen molar-refractivity contribution >= 4 is 0 Å². The molecule has 2 nitrogen and oxygen atoms in total. The maximum atomic E-state index is 5.49. The van der Waals surface area contributed by atoms with E-state index in [4.69, 9.17) is 4.74 Å². The van der Waals surface area contributed by atoms with E-state index in [1.54, 1.807) is 0 Å². The Morgan fingerprint density at radius 1 is 1.08 bits per heavy atom. The molecule has 0 radical (unpaired) electrons. The SMILES string of the molecule is C[C@@H]1COC[C@H](C)C1NC1CC1. The summed E-state index contributed by atoms with van der Waals surface area (Å²) < 4.78 is 5.49. The minimum Gasteiger partial charge on any atom is -0.381 e. The Bertz CT molecular complexity index is 146. The Hall–Kier alpha value is -0.0800. The van der Waals surface area contributed by atoms with Gasteiger partial charge in [0.05, 0.1) is 13.2 Å². The largest absolute Gasteiger partial charge is 0.381 e. The van der Waals surface area contributed by atoms with Gasteiger partial charge in [-0.05, 0) is 24.7 Å². The Labute approximate surface area is 74.7 Å². The summed E-state index contributed by atoms with van der Waals surface area (Å²) in [5, 5.41) is 3.71. The van der Waals surface area contributed by atoms with Crippen LogP contribution in [0.15, 0.2) is 0 Å². The maximum Gasteiger partial charge on any atom is 0.0506 e. The van der Waals surface area contributed by atoms with Crippen LogP contribution in [0.25, 0.3) is 0 Å². The molecule has 0 aromatic carbocycles. The van der Waals surface area contributed by atoms with Gasteiger partial charge in [0.2, 0.25) is 0 Å². The fourth-order valence-electron chi connectivity index (χ4n) is 2.06. The molecule has 1 heterocycles. The third kappa shape index (κ3) is 1.80. The Balaban J connectivity index is 1.88. The van der Waals surface area contributed by atoms with Crippen LogP contribution in [0, 0.1) is 11.8 Å². The first-order valence-corrected chi connectivity index (χ1v) is 5.11. The highest BCUT2D eigenvalue weighted by Gasteiger charge is 2.33. The van der Waals surface area contributed by atoms with Crippen molar-refractivity contribution in [2.45, 2.75) is 38.8 Å². The zero-order valence-corrected chi connectivity index (χ0v) is 8.05. The lowest BCUT2D eigenvalue weighted by molar-refractivity contribution is 0.00147. The van der Waals surface area contributed by atoms with Gasteiger partial charge in [0.1, 0.15) is 0 Å². The fourth-order valence-corrected chi connectivity index (χ4v) is 2.06. The molecule has 3 atom stereocenters. The number of hydrogen-bond acceptors (Lipinski definition) is 2. The van der Waals surface area contributed by atoms with Crippen LogP contribution in [0.3, 0.4) is 0 Å². The van der Waals surface area contributed by atoms with Crippen molar-refractivity contribution in [3.05, 3.63) is 0 Å². The van der Waals surface area contributed by atoms with Crippen molar-refractivity contribution in [1.82, 2.24) is 5.32 Å². The van der Waals surface area contributed by atoms with Crippen molar-refractivity contribution in [2.75, 3.05) is 13.2 Å². The molecular weight excluding hydrogens is 150 g/mol. The lowest BCUT2D eigenvalue weighted by atomic mass is 9.89. The molecule has 2 aliphatic rings. The highest BCUT2D eigenvalue weighted by Crippen LogP contribution is 2.26. The molecule has 2 fully saturated rings. The molecule has 2 heteroatoms. The van der Waals surface area contributed by atoms with E-state index in [0.29, 0.717) is 17.9 Å². The second-order valence-corrected chi connectivity index (χ2v) is 4.46. The molecule has 1 N–H and O–H groups in total. The summed E-state index contributed by atoms with van der Waals surface area (Å²) in [5.74, 6) is 1.38. The van der Waals surface area contributed by atoms with E-state index in [1.807, 2.05) is 0 Å². The van der Waals surface area contributed by atoms with Gasteiger partial charge in [-0.25, -0.2) is 0 Å². The van der Waals surface area contributed by atoms with Gasteiger partial charge in [0, 0.05) is 12.1 Å². The van der Waals surface area contributed by atoms with E-state index in [9.17, 15) is 0 Å². The highest BCUT2D eigenvalue weighted by molar-refractivity contribution is 4.90. The number of rotatable bonds is 2. The van der Waals surface area contributed by atoms with Crippen LogP contribution in [0.1, 0.15) is 26.7 Å². The third-order valence-electron chi connectivity index (χ3n) is 2.99. The average Bonchev–Trinajstić information content (AvgIpc) is 2.80. The Morgan fingerprint density at radius 2 is 1.67 bits per heavy atom. The smallest absolute Gasteiger partial charge is 0.0506 e.